The molecule has 1 aromatic rings. The predicted molar refractivity (Wildman–Crippen MR) is 67.0 cm³/mol. The third-order valence-corrected chi connectivity index (χ3v) is 2.29. The summed E-state index contributed by atoms with van der Waals surface area (Å²) in [6.45, 7) is 0.445. The van der Waals surface area contributed by atoms with Gasteiger partial charge in [-0.1, -0.05) is 11.6 Å². The van der Waals surface area contributed by atoms with Crippen molar-refractivity contribution < 1.29 is 14.6 Å². The fourth-order valence-electron chi connectivity index (χ4n) is 1.18. The number of hydrogen-bond donors (Lipinski definition) is 3. The van der Waals surface area contributed by atoms with Gasteiger partial charge in [-0.25, -0.2) is 0 Å². The lowest BCUT2D eigenvalue weighted by molar-refractivity contribution is -0.117. The summed E-state index contributed by atoms with van der Waals surface area (Å²) in [5, 5.41) is 11.5. The summed E-state index contributed by atoms with van der Waals surface area (Å²) in [5.74, 6) is -0.199. The quantitative estimate of drug-likeness (QED) is 0.530. The molecule has 4 N–H and O–H groups in total. The molecule has 0 radical (unpaired) electrons. The van der Waals surface area contributed by atoms with Gasteiger partial charge in [0.05, 0.1) is 37.0 Å². The summed E-state index contributed by atoms with van der Waals surface area (Å²) in [6, 6.07) is 4.87. The van der Waals surface area contributed by atoms with Gasteiger partial charge in [0.25, 0.3) is 0 Å². The molecule has 0 unspecified atom stereocenters. The van der Waals surface area contributed by atoms with Gasteiger partial charge in [0.1, 0.15) is 0 Å². The average Bonchev–Trinajstić information content (AvgIpc) is 2.28. The first-order valence-electron chi connectivity index (χ1n) is 5.17. The number of anilines is 2. The van der Waals surface area contributed by atoms with Crippen molar-refractivity contribution in [3.05, 3.63) is 23.2 Å². The third kappa shape index (κ3) is 5.04. The molecule has 0 bridgehead atoms. The number of halogens is 1. The number of nitrogens with two attached hydrogens (primary N) is 1. The minimum Gasteiger partial charge on any atom is -0.399 e. The number of amides is 1. The van der Waals surface area contributed by atoms with Gasteiger partial charge in [-0.05, 0) is 18.2 Å². The molecule has 0 heterocycles. The van der Waals surface area contributed by atoms with Crippen molar-refractivity contribution in [3.63, 3.8) is 0 Å². The van der Waals surface area contributed by atoms with Crippen molar-refractivity contribution in [2.45, 2.75) is 6.42 Å². The van der Waals surface area contributed by atoms with Crippen LogP contribution in [0, 0.1) is 0 Å². The second kappa shape index (κ2) is 7.11. The van der Waals surface area contributed by atoms with Crippen LogP contribution >= 0.6 is 11.6 Å². The second-order valence-corrected chi connectivity index (χ2v) is 3.78. The van der Waals surface area contributed by atoms with E-state index in [1.807, 2.05) is 0 Å². The topological polar surface area (TPSA) is 84.6 Å². The molecule has 94 valence electrons. The molecule has 0 atom stereocenters. The lowest BCUT2D eigenvalue weighted by Crippen LogP contribution is -2.15. The Bertz CT molecular complexity index is 385. The van der Waals surface area contributed by atoms with Gasteiger partial charge in [0.2, 0.25) is 5.91 Å². The number of aliphatic hydroxyl groups excluding tert-OH is 1. The summed E-state index contributed by atoms with van der Waals surface area (Å²) in [4.78, 5) is 11.5. The van der Waals surface area contributed by atoms with Crippen molar-refractivity contribution in [1.82, 2.24) is 0 Å². The van der Waals surface area contributed by atoms with Crippen molar-refractivity contribution in [2.75, 3.05) is 30.9 Å². The second-order valence-electron chi connectivity index (χ2n) is 3.37. The standard InChI is InChI=1S/C11H15ClN2O3/c12-9-7-8(13)1-2-10(9)14-11(16)3-5-17-6-4-15/h1-2,7,15H,3-6,13H2,(H,14,16). The molecule has 0 saturated carbocycles. The number of aliphatic hydroxyl groups is 1. The molecule has 0 fully saturated rings. The van der Waals surface area contributed by atoms with Crippen LogP contribution in [-0.4, -0.2) is 30.8 Å². The molecule has 0 aliphatic heterocycles. The number of nitrogen functional groups attached to an aromatic ring is 1. The molecule has 17 heavy (non-hydrogen) atoms. The number of nitrogens with one attached hydrogen (secondary N) is 1. The molecule has 0 spiro atoms. The van der Waals surface area contributed by atoms with Crippen LogP contribution in [0.25, 0.3) is 0 Å². The van der Waals surface area contributed by atoms with Gasteiger partial charge >= 0.3 is 0 Å². The lowest BCUT2D eigenvalue weighted by atomic mass is 10.2. The first-order chi connectivity index (χ1) is 8.13. The number of rotatable bonds is 6. The van der Waals surface area contributed by atoms with E-state index < -0.39 is 0 Å². The lowest BCUT2D eigenvalue weighted by Gasteiger charge is -2.07. The maximum Gasteiger partial charge on any atom is 0.226 e. The number of ether oxygens (including phenoxy) is 1. The van der Waals surface area contributed by atoms with E-state index in [1.54, 1.807) is 18.2 Å². The maximum absolute atomic E-state index is 11.5. The Balaban J connectivity index is 2.40. The van der Waals surface area contributed by atoms with E-state index in [0.717, 1.165) is 0 Å². The van der Waals surface area contributed by atoms with E-state index in [9.17, 15) is 4.79 Å². The predicted octanol–water partition coefficient (Wildman–Crippen LogP) is 1.26. The van der Waals surface area contributed by atoms with Crippen LogP contribution < -0.4 is 11.1 Å². The monoisotopic (exact) mass is 258 g/mol. The highest BCUT2D eigenvalue weighted by Crippen LogP contribution is 2.23. The Morgan fingerprint density at radius 2 is 2.24 bits per heavy atom. The molecule has 0 aromatic heterocycles. The van der Waals surface area contributed by atoms with Gasteiger partial charge < -0.3 is 20.9 Å². The number of benzene rings is 1. The summed E-state index contributed by atoms with van der Waals surface area (Å²) in [5.41, 5.74) is 6.59. The van der Waals surface area contributed by atoms with E-state index in [0.29, 0.717) is 16.4 Å². The zero-order chi connectivity index (χ0) is 12.7. The van der Waals surface area contributed by atoms with Crippen molar-refractivity contribution in [1.29, 1.82) is 0 Å². The molecule has 0 aliphatic carbocycles. The largest absolute Gasteiger partial charge is 0.399 e. The highest BCUT2D eigenvalue weighted by Gasteiger charge is 2.05. The van der Waals surface area contributed by atoms with Gasteiger partial charge in [0.15, 0.2) is 0 Å². The summed E-state index contributed by atoms with van der Waals surface area (Å²) < 4.78 is 4.98. The van der Waals surface area contributed by atoms with Gasteiger partial charge in [-0.3, -0.25) is 4.79 Å². The van der Waals surface area contributed by atoms with Crippen LogP contribution in [0.15, 0.2) is 18.2 Å². The third-order valence-electron chi connectivity index (χ3n) is 1.98. The van der Waals surface area contributed by atoms with Gasteiger partial charge in [0, 0.05) is 5.69 Å². The number of hydrogen-bond acceptors (Lipinski definition) is 4. The Kier molecular flexibility index (Phi) is 5.76. The van der Waals surface area contributed by atoms with E-state index in [-0.39, 0.29) is 32.1 Å². The molecular formula is C11H15ClN2O3. The molecule has 1 aromatic carbocycles. The smallest absolute Gasteiger partial charge is 0.226 e. The molecular weight excluding hydrogens is 244 g/mol. The van der Waals surface area contributed by atoms with Crippen molar-refractivity contribution in [2.24, 2.45) is 0 Å². The first-order valence-corrected chi connectivity index (χ1v) is 5.54. The first kappa shape index (κ1) is 13.8. The SMILES string of the molecule is Nc1ccc(NC(=O)CCOCCO)c(Cl)c1. The zero-order valence-corrected chi connectivity index (χ0v) is 10.0. The molecule has 0 saturated heterocycles. The number of carbonyl (C=O) groups is 1. The van der Waals surface area contributed by atoms with E-state index in [1.165, 1.54) is 0 Å². The average molecular weight is 259 g/mol. The molecule has 0 aliphatic rings. The molecule has 5 nitrogen and oxygen atoms in total. The molecule has 1 amide bonds. The van der Waals surface area contributed by atoms with Gasteiger partial charge in [-0.2, -0.15) is 0 Å². The minimum atomic E-state index is -0.199. The fourth-order valence-corrected chi connectivity index (χ4v) is 1.41. The Hall–Kier alpha value is -1.30. The van der Waals surface area contributed by atoms with Crippen LogP contribution in [0.2, 0.25) is 5.02 Å². The number of carbonyl (C=O) groups excluding carboxylic acids is 1. The van der Waals surface area contributed by atoms with Crippen LogP contribution in [-0.2, 0) is 9.53 Å². The maximum atomic E-state index is 11.5. The van der Waals surface area contributed by atoms with E-state index in [4.69, 9.17) is 27.2 Å². The molecule has 1 rings (SSSR count). The van der Waals surface area contributed by atoms with Crippen molar-refractivity contribution >= 4 is 28.9 Å². The fraction of sp³-hybridized carbons (Fsp3) is 0.364. The zero-order valence-electron chi connectivity index (χ0n) is 9.28. The molecule has 6 heteroatoms. The minimum absolute atomic E-state index is 0.0502. The summed E-state index contributed by atoms with van der Waals surface area (Å²) in [6.07, 6.45) is 0.209. The normalized spacial score (nSPS) is 10.2. The van der Waals surface area contributed by atoms with E-state index >= 15 is 0 Å². The Labute approximate surface area is 105 Å². The van der Waals surface area contributed by atoms with Gasteiger partial charge in [-0.15, -0.1) is 0 Å². The summed E-state index contributed by atoms with van der Waals surface area (Å²) >= 11 is 5.90. The highest BCUT2D eigenvalue weighted by molar-refractivity contribution is 6.34. The van der Waals surface area contributed by atoms with Crippen LogP contribution in [0.4, 0.5) is 11.4 Å². The van der Waals surface area contributed by atoms with Crippen LogP contribution in [0.1, 0.15) is 6.42 Å². The summed E-state index contributed by atoms with van der Waals surface area (Å²) in [7, 11) is 0. The van der Waals surface area contributed by atoms with Crippen LogP contribution in [0.3, 0.4) is 0 Å². The van der Waals surface area contributed by atoms with Crippen LogP contribution in [0.5, 0.6) is 0 Å². The highest BCUT2D eigenvalue weighted by atomic mass is 35.5. The van der Waals surface area contributed by atoms with Crippen molar-refractivity contribution in [3.8, 4) is 0 Å². The Morgan fingerprint density at radius 1 is 1.47 bits per heavy atom. The van der Waals surface area contributed by atoms with E-state index in [2.05, 4.69) is 5.32 Å². The Morgan fingerprint density at radius 3 is 2.88 bits per heavy atom.